The third kappa shape index (κ3) is 2.26. The minimum Gasteiger partial charge on any atom is -0.466 e. The number of nitrogens with zero attached hydrogens (tertiary/aromatic N) is 1. The Morgan fingerprint density at radius 2 is 2.06 bits per heavy atom. The van der Waals surface area contributed by atoms with Crippen LogP contribution in [0, 0.1) is 19.8 Å². The molecule has 3 N–H and O–H groups in total. The van der Waals surface area contributed by atoms with Crippen LogP contribution in [-0.4, -0.2) is 9.97 Å². The number of H-pyrrole nitrogens is 1. The summed E-state index contributed by atoms with van der Waals surface area (Å²) in [7, 11) is 0. The highest BCUT2D eigenvalue weighted by molar-refractivity contribution is 5.61. The van der Waals surface area contributed by atoms with Crippen LogP contribution < -0.4 is 5.73 Å². The number of furan rings is 1. The van der Waals surface area contributed by atoms with Gasteiger partial charge in [-0.1, -0.05) is 13.8 Å². The molecule has 2 aromatic rings. The fourth-order valence-electron chi connectivity index (χ4n) is 1.86. The van der Waals surface area contributed by atoms with Crippen molar-refractivity contribution < 1.29 is 4.42 Å². The molecular weight excluding hydrogens is 214 g/mol. The lowest BCUT2D eigenvalue weighted by molar-refractivity contribution is 0.494. The minimum absolute atomic E-state index is 0.0583. The predicted molar refractivity (Wildman–Crippen MR) is 67.5 cm³/mol. The summed E-state index contributed by atoms with van der Waals surface area (Å²) in [6, 6.07) is 1.95. The molecule has 0 aliphatic carbocycles. The molecule has 2 heterocycles. The van der Waals surface area contributed by atoms with E-state index in [0.717, 1.165) is 28.6 Å². The normalized spacial score (nSPS) is 13.3. The van der Waals surface area contributed by atoms with Crippen molar-refractivity contribution in [3.63, 3.8) is 0 Å². The zero-order valence-electron chi connectivity index (χ0n) is 10.7. The van der Waals surface area contributed by atoms with E-state index in [4.69, 9.17) is 10.2 Å². The Hall–Kier alpha value is -1.55. The van der Waals surface area contributed by atoms with E-state index in [1.54, 1.807) is 0 Å². The predicted octanol–water partition coefficient (Wildman–Crippen LogP) is 2.94. The molecule has 0 radical (unpaired) electrons. The molecule has 0 aliphatic heterocycles. The Balaban J connectivity index is 2.33. The molecule has 2 aromatic heterocycles. The standard InChI is InChI=1S/C13H19N3O/c1-7(2)12(14)13-15-6-11(16-13)10-5-8(3)17-9(10)4/h5-7,12H,14H2,1-4H3,(H,15,16). The van der Waals surface area contributed by atoms with Crippen LogP contribution in [0.4, 0.5) is 0 Å². The van der Waals surface area contributed by atoms with Gasteiger partial charge in [-0.05, 0) is 25.8 Å². The first-order valence-electron chi connectivity index (χ1n) is 5.87. The Morgan fingerprint density at radius 1 is 1.35 bits per heavy atom. The molecule has 0 spiro atoms. The van der Waals surface area contributed by atoms with E-state index < -0.39 is 0 Å². The smallest absolute Gasteiger partial charge is 0.123 e. The molecule has 92 valence electrons. The minimum atomic E-state index is -0.0583. The number of aromatic amines is 1. The van der Waals surface area contributed by atoms with Gasteiger partial charge in [0.15, 0.2) is 0 Å². The second kappa shape index (κ2) is 4.37. The Kier molecular flexibility index (Phi) is 3.07. The van der Waals surface area contributed by atoms with Gasteiger partial charge < -0.3 is 15.1 Å². The van der Waals surface area contributed by atoms with E-state index in [1.807, 2.05) is 26.1 Å². The molecule has 0 amide bonds. The van der Waals surface area contributed by atoms with Crippen molar-refractivity contribution in [1.29, 1.82) is 0 Å². The molecule has 4 heteroatoms. The van der Waals surface area contributed by atoms with Crippen molar-refractivity contribution in [2.24, 2.45) is 11.7 Å². The second-order valence-electron chi connectivity index (χ2n) is 4.78. The number of hydrogen-bond donors (Lipinski definition) is 2. The maximum absolute atomic E-state index is 6.06. The molecule has 0 fully saturated rings. The van der Waals surface area contributed by atoms with Gasteiger partial charge in [-0.2, -0.15) is 0 Å². The van der Waals surface area contributed by atoms with Crippen molar-refractivity contribution in [2.75, 3.05) is 0 Å². The molecule has 0 bridgehead atoms. The fraction of sp³-hybridized carbons (Fsp3) is 0.462. The van der Waals surface area contributed by atoms with Crippen molar-refractivity contribution in [3.8, 4) is 11.3 Å². The summed E-state index contributed by atoms with van der Waals surface area (Å²) in [6.45, 7) is 8.05. The summed E-state index contributed by atoms with van der Waals surface area (Å²) < 4.78 is 5.51. The van der Waals surface area contributed by atoms with E-state index in [0.29, 0.717) is 5.92 Å². The van der Waals surface area contributed by atoms with Crippen molar-refractivity contribution in [2.45, 2.75) is 33.7 Å². The number of nitrogens with two attached hydrogens (primary N) is 1. The molecule has 0 saturated heterocycles. The van der Waals surface area contributed by atoms with Crippen molar-refractivity contribution >= 4 is 0 Å². The second-order valence-corrected chi connectivity index (χ2v) is 4.78. The van der Waals surface area contributed by atoms with Crippen LogP contribution in [-0.2, 0) is 0 Å². The molecule has 0 aliphatic rings. The number of rotatable bonds is 3. The van der Waals surface area contributed by atoms with Crippen LogP contribution in [0.2, 0.25) is 0 Å². The molecule has 2 rings (SSSR count). The SMILES string of the molecule is Cc1cc(-c2cnc(C(N)C(C)C)[nH]2)c(C)o1. The Bertz CT molecular complexity index is 510. The monoisotopic (exact) mass is 233 g/mol. The number of aryl methyl sites for hydroxylation is 2. The van der Waals surface area contributed by atoms with Gasteiger partial charge in [-0.3, -0.25) is 0 Å². The van der Waals surface area contributed by atoms with Gasteiger partial charge in [-0.25, -0.2) is 4.98 Å². The average molecular weight is 233 g/mol. The quantitative estimate of drug-likeness (QED) is 0.856. The number of nitrogens with one attached hydrogen (secondary N) is 1. The first-order valence-corrected chi connectivity index (χ1v) is 5.87. The van der Waals surface area contributed by atoms with Crippen LogP contribution in [0.3, 0.4) is 0 Å². The summed E-state index contributed by atoms with van der Waals surface area (Å²) in [6.07, 6.45) is 1.81. The summed E-state index contributed by atoms with van der Waals surface area (Å²) in [5, 5.41) is 0. The Morgan fingerprint density at radius 3 is 2.59 bits per heavy atom. The highest BCUT2D eigenvalue weighted by Crippen LogP contribution is 2.26. The lowest BCUT2D eigenvalue weighted by atomic mass is 10.1. The van der Waals surface area contributed by atoms with Crippen LogP contribution in [0.5, 0.6) is 0 Å². The van der Waals surface area contributed by atoms with Gasteiger partial charge in [0.05, 0.1) is 17.9 Å². The van der Waals surface area contributed by atoms with Gasteiger partial charge in [0.1, 0.15) is 17.3 Å². The zero-order valence-corrected chi connectivity index (χ0v) is 10.7. The molecular formula is C13H19N3O. The molecule has 17 heavy (non-hydrogen) atoms. The Labute approximate surface area is 101 Å². The number of hydrogen-bond acceptors (Lipinski definition) is 3. The molecule has 0 aromatic carbocycles. The van der Waals surface area contributed by atoms with Gasteiger partial charge >= 0.3 is 0 Å². The van der Waals surface area contributed by atoms with E-state index in [-0.39, 0.29) is 6.04 Å². The highest BCUT2D eigenvalue weighted by atomic mass is 16.3. The van der Waals surface area contributed by atoms with Gasteiger partial charge in [0.2, 0.25) is 0 Å². The summed E-state index contributed by atoms with van der Waals surface area (Å²) >= 11 is 0. The van der Waals surface area contributed by atoms with Gasteiger partial charge in [0, 0.05) is 5.56 Å². The van der Waals surface area contributed by atoms with E-state index >= 15 is 0 Å². The average Bonchev–Trinajstić information content (AvgIpc) is 2.83. The summed E-state index contributed by atoms with van der Waals surface area (Å²) in [4.78, 5) is 7.61. The van der Waals surface area contributed by atoms with Crippen LogP contribution in [0.25, 0.3) is 11.3 Å². The fourth-order valence-corrected chi connectivity index (χ4v) is 1.86. The van der Waals surface area contributed by atoms with E-state index in [2.05, 4.69) is 23.8 Å². The van der Waals surface area contributed by atoms with Gasteiger partial charge in [0.25, 0.3) is 0 Å². The maximum atomic E-state index is 6.06. The lowest BCUT2D eigenvalue weighted by Crippen LogP contribution is -2.18. The maximum Gasteiger partial charge on any atom is 0.123 e. The van der Waals surface area contributed by atoms with E-state index in [1.165, 1.54) is 0 Å². The topological polar surface area (TPSA) is 67.8 Å². The first kappa shape index (κ1) is 11.9. The largest absolute Gasteiger partial charge is 0.466 e. The molecule has 0 saturated carbocycles. The first-order chi connectivity index (χ1) is 7.99. The number of imidazole rings is 1. The van der Waals surface area contributed by atoms with Crippen LogP contribution in [0.15, 0.2) is 16.7 Å². The van der Waals surface area contributed by atoms with Crippen LogP contribution >= 0.6 is 0 Å². The number of aromatic nitrogens is 2. The third-order valence-corrected chi connectivity index (χ3v) is 2.96. The van der Waals surface area contributed by atoms with E-state index in [9.17, 15) is 0 Å². The lowest BCUT2D eigenvalue weighted by Gasteiger charge is -2.11. The summed E-state index contributed by atoms with van der Waals surface area (Å²) in [5.41, 5.74) is 8.07. The molecule has 4 nitrogen and oxygen atoms in total. The highest BCUT2D eigenvalue weighted by Gasteiger charge is 2.16. The van der Waals surface area contributed by atoms with Crippen molar-refractivity contribution in [1.82, 2.24) is 9.97 Å². The summed E-state index contributed by atoms with van der Waals surface area (Å²) in [5.74, 6) is 2.99. The van der Waals surface area contributed by atoms with Gasteiger partial charge in [-0.15, -0.1) is 0 Å². The van der Waals surface area contributed by atoms with Crippen molar-refractivity contribution in [3.05, 3.63) is 29.6 Å². The molecule has 1 unspecified atom stereocenters. The zero-order chi connectivity index (χ0) is 12.6. The molecule has 1 atom stereocenters. The van der Waals surface area contributed by atoms with Crippen LogP contribution in [0.1, 0.15) is 37.2 Å². The third-order valence-electron chi connectivity index (χ3n) is 2.96.